The van der Waals surface area contributed by atoms with Crippen LogP contribution >= 0.6 is 0 Å². The van der Waals surface area contributed by atoms with Crippen LogP contribution in [0.3, 0.4) is 0 Å². The van der Waals surface area contributed by atoms with Gasteiger partial charge in [0, 0.05) is 0 Å². The Bertz CT molecular complexity index is 1860. The normalized spacial score (nSPS) is 32.3. The highest BCUT2D eigenvalue weighted by molar-refractivity contribution is 5.76. The van der Waals surface area contributed by atoms with Gasteiger partial charge in [-0.3, -0.25) is 4.79 Å². The fraction of sp³-hybridized carbons (Fsp3) is 0.707. The second kappa shape index (κ2) is 21.0. The number of benzene rings is 2. The number of aliphatic carboxylic acids is 1. The number of carbonyl (C=O) groups is 1. The number of hydrogen-bond acceptors (Lipinski definition) is 3. The Balaban J connectivity index is 0.000000212. The fourth-order valence-corrected chi connectivity index (χ4v) is 15.1. The quantitative estimate of drug-likeness (QED) is 0.103. The average Bonchev–Trinajstić information content (AvgIpc) is 3.72. The van der Waals surface area contributed by atoms with Gasteiger partial charge in [0.2, 0.25) is 0 Å². The minimum atomic E-state index is -0.598. The first kappa shape index (κ1) is 47.1. The molecule has 0 aromatic heterocycles. The number of phenolic OH excluding ortho intramolecular Hbond substituents is 1. The lowest BCUT2D eigenvalue weighted by atomic mass is 9.51. The minimum absolute atomic E-state index is 0.0664. The van der Waals surface area contributed by atoms with Crippen LogP contribution in [0.25, 0.3) is 5.57 Å². The van der Waals surface area contributed by atoms with E-state index < -0.39 is 5.97 Å². The molecule has 62 heavy (non-hydrogen) atoms. The maximum Gasteiger partial charge on any atom is 0.306 e. The Morgan fingerprint density at radius 3 is 2.24 bits per heavy atom. The van der Waals surface area contributed by atoms with Crippen molar-refractivity contribution in [2.24, 2.45) is 52.3 Å². The molecule has 3 fully saturated rings. The second-order valence-electron chi connectivity index (χ2n) is 22.3. The second-order valence-corrected chi connectivity index (χ2v) is 22.3. The third kappa shape index (κ3) is 10.0. The molecule has 0 radical (unpaired) electrons. The van der Waals surface area contributed by atoms with Gasteiger partial charge >= 0.3 is 5.97 Å². The van der Waals surface area contributed by atoms with Gasteiger partial charge in [-0.05, 0) is 189 Å². The molecule has 6 unspecified atom stereocenters. The SMILES string of the molecule is C=CCC1=C2c3ccc(C)cc3CCC2C2CC[C@H](C)[C@@]2(C)C1.CCCCCCCC(CCCCCCCC[C@H]1C[C@@]2(C)C(CC[C@@H]2O)C2CCc3cc(O)ccc3C21)C(=O)O. The van der Waals surface area contributed by atoms with Crippen molar-refractivity contribution in [3.05, 3.63) is 82.4 Å². The maximum atomic E-state index is 11.7. The molecule has 6 aliphatic carbocycles. The fourth-order valence-electron chi connectivity index (χ4n) is 15.1. The largest absolute Gasteiger partial charge is 0.508 e. The number of phenols is 1. The van der Waals surface area contributed by atoms with E-state index in [0.717, 1.165) is 75.5 Å². The average molecular weight is 847 g/mol. The van der Waals surface area contributed by atoms with Gasteiger partial charge in [-0.15, -0.1) is 6.58 Å². The van der Waals surface area contributed by atoms with Crippen LogP contribution in [-0.4, -0.2) is 27.4 Å². The van der Waals surface area contributed by atoms with Crippen LogP contribution in [0.1, 0.15) is 209 Å². The third-order valence-corrected chi connectivity index (χ3v) is 18.5. The van der Waals surface area contributed by atoms with Crippen LogP contribution in [0.4, 0.5) is 0 Å². The van der Waals surface area contributed by atoms with E-state index in [1.807, 2.05) is 12.1 Å². The summed E-state index contributed by atoms with van der Waals surface area (Å²) in [4.78, 5) is 11.7. The molecule has 0 bridgehead atoms. The van der Waals surface area contributed by atoms with Gasteiger partial charge in [0.15, 0.2) is 0 Å². The number of carboxylic acid groups (broad SMARTS) is 1. The number of unbranched alkanes of at least 4 members (excludes halogenated alkanes) is 9. The molecule has 342 valence electrons. The molecular weight excluding hydrogens is 761 g/mol. The lowest BCUT2D eigenvalue weighted by Gasteiger charge is -2.54. The van der Waals surface area contributed by atoms with Gasteiger partial charge in [-0.1, -0.05) is 140 Å². The molecule has 0 amide bonds. The molecule has 4 nitrogen and oxygen atoms in total. The highest BCUT2D eigenvalue weighted by Gasteiger charge is 2.57. The number of carboxylic acids is 1. The topological polar surface area (TPSA) is 77.8 Å². The molecule has 2 aromatic rings. The summed E-state index contributed by atoms with van der Waals surface area (Å²) in [7, 11) is 0. The molecule has 0 heterocycles. The number of aliphatic hydroxyl groups is 1. The first-order valence-corrected chi connectivity index (χ1v) is 26.0. The van der Waals surface area contributed by atoms with Gasteiger partial charge in [-0.25, -0.2) is 0 Å². The van der Waals surface area contributed by atoms with E-state index in [1.165, 1.54) is 119 Å². The third-order valence-electron chi connectivity index (χ3n) is 18.5. The number of aromatic hydroxyl groups is 1. The van der Waals surface area contributed by atoms with Gasteiger partial charge < -0.3 is 15.3 Å². The van der Waals surface area contributed by atoms with Crippen LogP contribution < -0.4 is 0 Å². The van der Waals surface area contributed by atoms with Crippen molar-refractivity contribution in [3.63, 3.8) is 0 Å². The molecule has 0 saturated heterocycles. The van der Waals surface area contributed by atoms with Crippen molar-refractivity contribution in [1.29, 1.82) is 0 Å². The van der Waals surface area contributed by atoms with Crippen molar-refractivity contribution in [1.82, 2.24) is 0 Å². The van der Waals surface area contributed by atoms with E-state index in [4.69, 9.17) is 0 Å². The summed E-state index contributed by atoms with van der Waals surface area (Å²) in [5.74, 6) is 4.68. The zero-order valence-corrected chi connectivity index (χ0v) is 39.9. The molecule has 3 saturated carbocycles. The number of aliphatic hydroxyl groups excluding tert-OH is 1. The molecule has 2 aromatic carbocycles. The first-order valence-electron chi connectivity index (χ1n) is 26.0. The van der Waals surface area contributed by atoms with Crippen LogP contribution in [0, 0.1) is 59.2 Å². The van der Waals surface area contributed by atoms with E-state index >= 15 is 0 Å². The van der Waals surface area contributed by atoms with Gasteiger partial charge in [0.1, 0.15) is 5.75 Å². The van der Waals surface area contributed by atoms with E-state index in [1.54, 1.807) is 22.3 Å². The Morgan fingerprint density at radius 2 is 1.52 bits per heavy atom. The lowest BCUT2D eigenvalue weighted by Crippen LogP contribution is -2.47. The molecule has 4 heteroatoms. The first-order chi connectivity index (χ1) is 29.9. The van der Waals surface area contributed by atoms with E-state index in [0.29, 0.717) is 34.8 Å². The van der Waals surface area contributed by atoms with E-state index in [-0.39, 0.29) is 17.4 Å². The summed E-state index contributed by atoms with van der Waals surface area (Å²) in [6.45, 7) is 15.9. The highest BCUT2D eigenvalue weighted by atomic mass is 16.4. The molecule has 3 N–H and O–H groups in total. The Kier molecular flexibility index (Phi) is 15.9. The predicted octanol–water partition coefficient (Wildman–Crippen LogP) is 15.4. The Hall–Kier alpha value is -2.85. The standard InChI is InChI=1S/C35H56O4.C23H30/c1-3-4-5-8-11-14-25(34(38)39)15-12-9-6-7-10-13-16-27-24-35(2)31(21-22-32(35)37)30-19-17-26-23-28(36)18-20-29(26)33(27)30;1-5-6-18-14-23(4)16(3)8-12-21(23)20-11-9-17-13-15(2)7-10-19(17)22(18)20/h18,20,23,25,27,30-33,36-37H,3-17,19,21-22,24H2,1-2H3,(H,38,39);5,7,10,13,16,20-21H,1,6,8-9,11-12,14H2,2-4H3/t25?,27-,30?,31?,32-,33?,35-;16-,20?,21?,23+/m00/s1. The van der Waals surface area contributed by atoms with Crippen molar-refractivity contribution >= 4 is 11.5 Å². The molecular formula is C58H86O4. The van der Waals surface area contributed by atoms with E-state index in [2.05, 4.69) is 71.5 Å². The molecule has 8 rings (SSSR count). The van der Waals surface area contributed by atoms with Crippen molar-refractivity contribution in [2.45, 2.75) is 207 Å². The van der Waals surface area contributed by atoms with Crippen LogP contribution in [-0.2, 0) is 17.6 Å². The van der Waals surface area contributed by atoms with Gasteiger partial charge in [-0.2, -0.15) is 0 Å². The molecule has 11 atom stereocenters. The summed E-state index contributed by atoms with van der Waals surface area (Å²) < 4.78 is 0. The number of rotatable bonds is 18. The smallest absolute Gasteiger partial charge is 0.306 e. The van der Waals surface area contributed by atoms with Crippen molar-refractivity contribution < 1.29 is 20.1 Å². The number of fused-ring (bicyclic) bond motifs is 10. The van der Waals surface area contributed by atoms with Crippen LogP contribution in [0.5, 0.6) is 5.75 Å². The summed E-state index contributed by atoms with van der Waals surface area (Å²) in [6.07, 6.45) is 31.4. The maximum absolute atomic E-state index is 11.7. The van der Waals surface area contributed by atoms with Crippen molar-refractivity contribution in [3.8, 4) is 5.75 Å². The minimum Gasteiger partial charge on any atom is -0.508 e. The summed E-state index contributed by atoms with van der Waals surface area (Å²) >= 11 is 0. The summed E-state index contributed by atoms with van der Waals surface area (Å²) in [6, 6.07) is 13.2. The number of hydrogen-bond donors (Lipinski definition) is 3. The Labute approximate surface area is 377 Å². The zero-order valence-electron chi connectivity index (χ0n) is 39.9. The van der Waals surface area contributed by atoms with Crippen molar-refractivity contribution in [2.75, 3.05) is 0 Å². The van der Waals surface area contributed by atoms with Crippen LogP contribution in [0.15, 0.2) is 54.6 Å². The van der Waals surface area contributed by atoms with Gasteiger partial charge in [0.05, 0.1) is 12.0 Å². The van der Waals surface area contributed by atoms with Gasteiger partial charge in [0.25, 0.3) is 0 Å². The van der Waals surface area contributed by atoms with E-state index in [9.17, 15) is 20.1 Å². The highest BCUT2D eigenvalue weighted by Crippen LogP contribution is 2.65. The lowest BCUT2D eigenvalue weighted by molar-refractivity contribution is -0.142. The Morgan fingerprint density at radius 1 is 0.823 bits per heavy atom. The predicted molar refractivity (Wildman–Crippen MR) is 258 cm³/mol. The monoisotopic (exact) mass is 847 g/mol. The molecule has 6 aliphatic rings. The zero-order chi connectivity index (χ0) is 44.0. The molecule has 0 spiro atoms. The van der Waals surface area contributed by atoms with Crippen LogP contribution in [0.2, 0.25) is 0 Å². The summed E-state index contributed by atoms with van der Waals surface area (Å²) in [5, 5.41) is 30.7. The number of allylic oxidation sites excluding steroid dienone is 3. The number of aryl methyl sites for hydroxylation is 3. The summed E-state index contributed by atoms with van der Waals surface area (Å²) in [5.41, 5.74) is 11.4. The molecule has 0 aliphatic heterocycles.